The number of nitrogens with one attached hydrogen (secondary N) is 1. The second-order valence-corrected chi connectivity index (χ2v) is 8.99. The number of methoxy groups -OCH3 is 1. The highest BCUT2D eigenvalue weighted by Crippen LogP contribution is 2.29. The Morgan fingerprint density at radius 3 is 2.75 bits per heavy atom. The van der Waals surface area contributed by atoms with E-state index in [1.807, 2.05) is 24.4 Å². The van der Waals surface area contributed by atoms with Crippen LogP contribution in [0, 0.1) is 0 Å². The van der Waals surface area contributed by atoms with E-state index in [1.54, 1.807) is 4.40 Å². The fraction of sp³-hybridized carbons (Fsp3) is 0.235. The number of anilines is 1. The standard InChI is InChI=1S/C17H19N5O4S2/c1-21(2)28(24,25)12-7-8-14(26-3)13(10-12)18-16(23)11-27-17-20-19-15-6-4-5-9-22(15)17/h4-10H,11H2,1-3H3,(H,18,23). The second kappa shape index (κ2) is 8.17. The van der Waals surface area contributed by atoms with Crippen molar-refractivity contribution in [3.8, 4) is 5.75 Å². The van der Waals surface area contributed by atoms with Gasteiger partial charge in [-0.05, 0) is 30.3 Å². The first-order chi connectivity index (χ1) is 13.3. The molecule has 3 rings (SSSR count). The normalized spacial score (nSPS) is 11.7. The SMILES string of the molecule is COc1ccc(S(=O)(=O)N(C)C)cc1NC(=O)CSc1nnc2ccccn12. The molecule has 0 bridgehead atoms. The van der Waals surface area contributed by atoms with Crippen molar-refractivity contribution in [1.29, 1.82) is 0 Å². The molecule has 1 N–H and O–H groups in total. The summed E-state index contributed by atoms with van der Waals surface area (Å²) >= 11 is 1.22. The summed E-state index contributed by atoms with van der Waals surface area (Å²) in [5.74, 6) is 0.114. The van der Waals surface area contributed by atoms with Gasteiger partial charge in [0.05, 0.1) is 23.4 Å². The first kappa shape index (κ1) is 20.1. The van der Waals surface area contributed by atoms with Crippen molar-refractivity contribution in [2.24, 2.45) is 0 Å². The van der Waals surface area contributed by atoms with Gasteiger partial charge in [0.25, 0.3) is 0 Å². The Labute approximate surface area is 166 Å². The quantitative estimate of drug-likeness (QED) is 0.579. The number of benzene rings is 1. The molecule has 2 aromatic heterocycles. The average Bonchev–Trinajstić information content (AvgIpc) is 3.09. The fourth-order valence-electron chi connectivity index (χ4n) is 2.39. The smallest absolute Gasteiger partial charge is 0.242 e. The van der Waals surface area contributed by atoms with E-state index in [1.165, 1.54) is 51.2 Å². The van der Waals surface area contributed by atoms with Gasteiger partial charge in [0.15, 0.2) is 10.8 Å². The van der Waals surface area contributed by atoms with Gasteiger partial charge in [-0.2, -0.15) is 0 Å². The number of ether oxygens (including phenoxy) is 1. The number of hydrogen-bond acceptors (Lipinski definition) is 7. The molecule has 1 amide bonds. The largest absolute Gasteiger partial charge is 0.495 e. The molecule has 0 spiro atoms. The number of hydrogen-bond donors (Lipinski definition) is 1. The van der Waals surface area contributed by atoms with Gasteiger partial charge in [0, 0.05) is 20.3 Å². The maximum atomic E-state index is 12.4. The molecule has 3 aromatic rings. The molecule has 0 fully saturated rings. The van der Waals surface area contributed by atoms with E-state index in [0.717, 1.165) is 4.31 Å². The minimum absolute atomic E-state index is 0.0599. The van der Waals surface area contributed by atoms with Crippen LogP contribution in [0.5, 0.6) is 5.75 Å². The van der Waals surface area contributed by atoms with Crippen LogP contribution in [-0.4, -0.2) is 60.2 Å². The number of thioether (sulfide) groups is 1. The topological polar surface area (TPSA) is 106 Å². The number of carbonyl (C=O) groups excluding carboxylic acids is 1. The first-order valence-electron chi connectivity index (χ1n) is 8.16. The lowest BCUT2D eigenvalue weighted by Crippen LogP contribution is -2.22. The zero-order chi connectivity index (χ0) is 20.3. The lowest BCUT2D eigenvalue weighted by molar-refractivity contribution is -0.113. The highest BCUT2D eigenvalue weighted by atomic mass is 32.2. The first-order valence-corrected chi connectivity index (χ1v) is 10.6. The van der Waals surface area contributed by atoms with E-state index in [0.29, 0.717) is 16.6 Å². The van der Waals surface area contributed by atoms with E-state index in [-0.39, 0.29) is 22.2 Å². The van der Waals surface area contributed by atoms with Crippen LogP contribution < -0.4 is 10.1 Å². The van der Waals surface area contributed by atoms with Gasteiger partial charge in [-0.1, -0.05) is 17.8 Å². The molecular formula is C17H19N5O4S2. The van der Waals surface area contributed by atoms with Crippen LogP contribution in [0.15, 0.2) is 52.6 Å². The molecule has 1 aromatic carbocycles. The third kappa shape index (κ3) is 4.11. The number of carbonyl (C=O) groups is 1. The molecular weight excluding hydrogens is 402 g/mol. The number of fused-ring (bicyclic) bond motifs is 1. The van der Waals surface area contributed by atoms with E-state index >= 15 is 0 Å². The minimum atomic E-state index is -3.63. The van der Waals surface area contributed by atoms with Gasteiger partial charge in [-0.15, -0.1) is 10.2 Å². The molecule has 0 saturated carbocycles. The van der Waals surface area contributed by atoms with Crippen LogP contribution in [0.4, 0.5) is 5.69 Å². The molecule has 0 unspecified atom stereocenters. The molecule has 0 saturated heterocycles. The van der Waals surface area contributed by atoms with Crippen molar-refractivity contribution in [2.75, 3.05) is 32.3 Å². The summed E-state index contributed by atoms with van der Waals surface area (Å²) in [4.78, 5) is 12.5. The predicted octanol–water partition coefficient (Wildman–Crippen LogP) is 1.72. The predicted molar refractivity (Wildman–Crippen MR) is 106 cm³/mol. The maximum absolute atomic E-state index is 12.4. The van der Waals surface area contributed by atoms with Gasteiger partial charge >= 0.3 is 0 Å². The number of aromatic nitrogens is 3. The Kier molecular flexibility index (Phi) is 5.87. The average molecular weight is 422 g/mol. The van der Waals surface area contributed by atoms with Crippen molar-refractivity contribution in [3.63, 3.8) is 0 Å². The molecule has 0 aliphatic carbocycles. The Bertz CT molecular complexity index is 1110. The lowest BCUT2D eigenvalue weighted by atomic mass is 10.3. The molecule has 0 aliphatic heterocycles. The van der Waals surface area contributed by atoms with E-state index < -0.39 is 10.0 Å². The van der Waals surface area contributed by atoms with Crippen LogP contribution in [0.25, 0.3) is 5.65 Å². The highest BCUT2D eigenvalue weighted by molar-refractivity contribution is 7.99. The van der Waals surface area contributed by atoms with E-state index in [4.69, 9.17) is 4.74 Å². The molecule has 148 valence electrons. The van der Waals surface area contributed by atoms with Crippen LogP contribution in [0.2, 0.25) is 0 Å². The summed E-state index contributed by atoms with van der Waals surface area (Å²) in [7, 11) is 0.698. The second-order valence-electron chi connectivity index (χ2n) is 5.90. The molecule has 9 nitrogen and oxygen atoms in total. The monoisotopic (exact) mass is 421 g/mol. The van der Waals surface area contributed by atoms with Crippen LogP contribution in [0.1, 0.15) is 0 Å². The summed E-state index contributed by atoms with van der Waals surface area (Å²) in [6.07, 6.45) is 1.81. The number of sulfonamides is 1. The number of nitrogens with zero attached hydrogens (tertiary/aromatic N) is 4. The van der Waals surface area contributed by atoms with Crippen molar-refractivity contribution in [3.05, 3.63) is 42.6 Å². The van der Waals surface area contributed by atoms with Gasteiger partial charge in [0.2, 0.25) is 15.9 Å². The van der Waals surface area contributed by atoms with Crippen molar-refractivity contribution in [2.45, 2.75) is 10.1 Å². The van der Waals surface area contributed by atoms with Crippen LogP contribution >= 0.6 is 11.8 Å². The summed E-state index contributed by atoms with van der Waals surface area (Å²) in [6, 6.07) is 9.84. The minimum Gasteiger partial charge on any atom is -0.495 e. The molecule has 28 heavy (non-hydrogen) atoms. The van der Waals surface area contributed by atoms with Gasteiger partial charge in [-0.3, -0.25) is 9.20 Å². The number of pyridine rings is 1. The maximum Gasteiger partial charge on any atom is 0.242 e. The summed E-state index contributed by atoms with van der Waals surface area (Å²) < 4.78 is 32.8. The third-order valence-corrected chi connectivity index (χ3v) is 6.59. The highest BCUT2D eigenvalue weighted by Gasteiger charge is 2.20. The lowest BCUT2D eigenvalue weighted by Gasteiger charge is -2.15. The molecule has 11 heteroatoms. The number of rotatable bonds is 7. The summed E-state index contributed by atoms with van der Waals surface area (Å²) in [6.45, 7) is 0. The molecule has 2 heterocycles. The van der Waals surface area contributed by atoms with Crippen molar-refractivity contribution >= 4 is 39.0 Å². The molecule has 0 atom stereocenters. The zero-order valence-electron chi connectivity index (χ0n) is 15.5. The fourth-order valence-corrected chi connectivity index (χ4v) is 4.04. The zero-order valence-corrected chi connectivity index (χ0v) is 17.1. The Hall–Kier alpha value is -2.63. The molecule has 0 aliphatic rings. The van der Waals surface area contributed by atoms with E-state index in [9.17, 15) is 13.2 Å². The van der Waals surface area contributed by atoms with Crippen LogP contribution in [-0.2, 0) is 14.8 Å². The van der Waals surface area contributed by atoms with E-state index in [2.05, 4.69) is 15.5 Å². The van der Waals surface area contributed by atoms with Crippen LogP contribution in [0.3, 0.4) is 0 Å². The number of amides is 1. The van der Waals surface area contributed by atoms with Crippen molar-refractivity contribution in [1.82, 2.24) is 18.9 Å². The van der Waals surface area contributed by atoms with Crippen molar-refractivity contribution < 1.29 is 17.9 Å². The Morgan fingerprint density at radius 1 is 1.25 bits per heavy atom. The van der Waals surface area contributed by atoms with Gasteiger partial charge < -0.3 is 10.1 Å². The van der Waals surface area contributed by atoms with Gasteiger partial charge in [-0.25, -0.2) is 12.7 Å². The molecule has 0 radical (unpaired) electrons. The van der Waals surface area contributed by atoms with Gasteiger partial charge in [0.1, 0.15) is 5.75 Å². The summed E-state index contributed by atoms with van der Waals surface area (Å²) in [5.41, 5.74) is 0.968. The Morgan fingerprint density at radius 2 is 2.04 bits per heavy atom. The Balaban J connectivity index is 1.76. The third-order valence-electron chi connectivity index (χ3n) is 3.84. The summed E-state index contributed by atoms with van der Waals surface area (Å²) in [5, 5.41) is 11.4.